The number of hydrogen-bond acceptors (Lipinski definition) is 3. The first-order valence-electron chi connectivity index (χ1n) is 9.19. The van der Waals surface area contributed by atoms with Crippen LogP contribution in [0.15, 0.2) is 96.1 Å². The van der Waals surface area contributed by atoms with Crippen molar-refractivity contribution in [2.45, 2.75) is 12.5 Å². The maximum atomic E-state index is 11.1. The second-order valence-corrected chi connectivity index (χ2v) is 6.65. The number of carbonyl (C=O) groups is 1. The zero-order valence-corrected chi connectivity index (χ0v) is 15.3. The minimum absolute atomic E-state index is 0.0612. The van der Waals surface area contributed by atoms with Crippen molar-refractivity contribution in [3.63, 3.8) is 0 Å². The van der Waals surface area contributed by atoms with Gasteiger partial charge in [0.05, 0.1) is 23.0 Å². The molecular formula is C24H20N2O2. The molecule has 0 aromatic heterocycles. The van der Waals surface area contributed by atoms with Gasteiger partial charge in [0.2, 0.25) is 0 Å². The van der Waals surface area contributed by atoms with E-state index in [2.05, 4.69) is 36.4 Å². The molecule has 1 aliphatic heterocycles. The summed E-state index contributed by atoms with van der Waals surface area (Å²) >= 11 is 0. The summed E-state index contributed by atoms with van der Waals surface area (Å²) in [5, 5.41) is 16.0. The highest BCUT2D eigenvalue weighted by atomic mass is 16.4. The molecule has 3 aromatic rings. The van der Waals surface area contributed by atoms with Crippen LogP contribution >= 0.6 is 0 Å². The van der Waals surface area contributed by atoms with Gasteiger partial charge in [0.1, 0.15) is 0 Å². The van der Waals surface area contributed by atoms with Gasteiger partial charge in [0.25, 0.3) is 0 Å². The number of benzene rings is 3. The number of anilines is 1. The Morgan fingerprint density at radius 1 is 0.929 bits per heavy atom. The molecule has 1 aliphatic rings. The van der Waals surface area contributed by atoms with Crippen LogP contribution in [0.25, 0.3) is 6.08 Å². The summed E-state index contributed by atoms with van der Waals surface area (Å²) in [7, 11) is 0. The molecule has 3 aromatic carbocycles. The number of nitrogens with zero attached hydrogens (tertiary/aromatic N) is 2. The molecule has 4 nitrogen and oxygen atoms in total. The summed E-state index contributed by atoms with van der Waals surface area (Å²) < 4.78 is 0. The van der Waals surface area contributed by atoms with Gasteiger partial charge in [-0.2, -0.15) is 5.10 Å². The highest BCUT2D eigenvalue weighted by Gasteiger charge is 2.26. The van der Waals surface area contributed by atoms with Crippen LogP contribution in [0, 0.1) is 0 Å². The maximum Gasteiger partial charge on any atom is 0.335 e. The fourth-order valence-electron chi connectivity index (χ4n) is 3.28. The van der Waals surface area contributed by atoms with Crippen LogP contribution in [0.4, 0.5) is 5.69 Å². The van der Waals surface area contributed by atoms with Crippen LogP contribution in [0.5, 0.6) is 0 Å². The van der Waals surface area contributed by atoms with Gasteiger partial charge in [-0.1, -0.05) is 72.8 Å². The van der Waals surface area contributed by atoms with Crippen LogP contribution < -0.4 is 5.01 Å². The van der Waals surface area contributed by atoms with Crippen LogP contribution in [0.1, 0.15) is 27.9 Å². The Labute approximate surface area is 164 Å². The largest absolute Gasteiger partial charge is 0.478 e. The summed E-state index contributed by atoms with van der Waals surface area (Å²) in [5.41, 5.74) is 4.40. The van der Waals surface area contributed by atoms with Gasteiger partial charge in [-0.05, 0) is 35.4 Å². The highest BCUT2D eigenvalue weighted by Crippen LogP contribution is 2.28. The summed E-state index contributed by atoms with van der Waals surface area (Å²) in [6.45, 7) is 0. The second kappa shape index (κ2) is 7.92. The van der Waals surface area contributed by atoms with Crippen molar-refractivity contribution in [1.82, 2.24) is 0 Å². The van der Waals surface area contributed by atoms with E-state index in [0.29, 0.717) is 0 Å². The lowest BCUT2D eigenvalue weighted by Gasteiger charge is -2.21. The first kappa shape index (κ1) is 17.7. The molecule has 0 radical (unpaired) electrons. The first-order valence-corrected chi connectivity index (χ1v) is 9.19. The van der Waals surface area contributed by atoms with Crippen molar-refractivity contribution in [2.75, 3.05) is 5.01 Å². The molecule has 0 saturated heterocycles. The average Bonchev–Trinajstić information content (AvgIpc) is 3.18. The summed E-state index contributed by atoms with van der Waals surface area (Å²) in [5.74, 6) is -0.929. The molecule has 0 bridgehead atoms. The lowest BCUT2D eigenvalue weighted by atomic mass is 10.0. The zero-order valence-electron chi connectivity index (χ0n) is 15.3. The number of carboxylic acids is 1. The van der Waals surface area contributed by atoms with E-state index in [0.717, 1.165) is 28.9 Å². The molecule has 4 rings (SSSR count). The minimum atomic E-state index is -0.929. The first-order chi connectivity index (χ1) is 13.7. The van der Waals surface area contributed by atoms with Crippen molar-refractivity contribution in [2.24, 2.45) is 5.10 Å². The molecule has 0 fully saturated rings. The molecule has 28 heavy (non-hydrogen) atoms. The molecule has 0 saturated carbocycles. The van der Waals surface area contributed by atoms with Gasteiger partial charge >= 0.3 is 5.97 Å². The normalized spacial score (nSPS) is 16.4. The molecule has 4 heteroatoms. The average molecular weight is 368 g/mol. The van der Waals surface area contributed by atoms with Gasteiger partial charge in [0.15, 0.2) is 0 Å². The molecule has 0 unspecified atom stereocenters. The van der Waals surface area contributed by atoms with Crippen LogP contribution in [0.2, 0.25) is 0 Å². The van der Waals surface area contributed by atoms with E-state index in [1.807, 2.05) is 53.5 Å². The minimum Gasteiger partial charge on any atom is -0.478 e. The Morgan fingerprint density at radius 2 is 1.57 bits per heavy atom. The third kappa shape index (κ3) is 3.86. The van der Waals surface area contributed by atoms with Crippen LogP contribution in [-0.2, 0) is 0 Å². The van der Waals surface area contributed by atoms with Crippen molar-refractivity contribution in [3.8, 4) is 0 Å². The topological polar surface area (TPSA) is 52.9 Å². The summed E-state index contributed by atoms with van der Waals surface area (Å²) in [6.07, 6.45) is 5.04. The third-order valence-corrected chi connectivity index (χ3v) is 4.74. The maximum absolute atomic E-state index is 11.1. The molecule has 0 spiro atoms. The quantitative estimate of drug-likeness (QED) is 0.683. The molecule has 1 heterocycles. The predicted molar refractivity (Wildman–Crippen MR) is 113 cm³/mol. The van der Waals surface area contributed by atoms with Crippen LogP contribution in [-0.4, -0.2) is 22.8 Å². The predicted octanol–water partition coefficient (Wildman–Crippen LogP) is 5.08. The van der Waals surface area contributed by atoms with E-state index in [-0.39, 0.29) is 11.6 Å². The van der Waals surface area contributed by atoms with Crippen molar-refractivity contribution >= 4 is 23.4 Å². The Balaban J connectivity index is 1.66. The fourth-order valence-corrected chi connectivity index (χ4v) is 3.28. The smallest absolute Gasteiger partial charge is 0.335 e. The lowest BCUT2D eigenvalue weighted by Crippen LogP contribution is -2.24. The molecular weight excluding hydrogens is 348 g/mol. The van der Waals surface area contributed by atoms with Gasteiger partial charge in [-0.3, -0.25) is 5.01 Å². The van der Waals surface area contributed by atoms with Gasteiger partial charge in [-0.25, -0.2) is 4.79 Å². The standard InChI is InChI=1S/C24H20N2O2/c27-24(28)20-12-15-21(16-13-20)26-22(14-11-18-7-3-1-4-8-18)17-23(25-26)19-9-5-2-6-10-19/h1-16,22H,17H2,(H,27,28)/b14-11+/t22-/m1/s1. The number of hydrogen-bond donors (Lipinski definition) is 1. The summed E-state index contributed by atoms with van der Waals surface area (Å²) in [6, 6.07) is 27.2. The highest BCUT2D eigenvalue weighted by molar-refractivity contribution is 6.03. The van der Waals surface area contributed by atoms with Gasteiger partial charge in [-0.15, -0.1) is 0 Å². The molecule has 0 aliphatic carbocycles. The van der Waals surface area contributed by atoms with E-state index in [4.69, 9.17) is 10.2 Å². The van der Waals surface area contributed by atoms with Crippen molar-refractivity contribution in [3.05, 3.63) is 108 Å². The molecule has 0 amide bonds. The molecule has 1 atom stereocenters. The van der Waals surface area contributed by atoms with Gasteiger partial charge < -0.3 is 5.11 Å². The zero-order chi connectivity index (χ0) is 19.3. The van der Waals surface area contributed by atoms with E-state index < -0.39 is 5.97 Å². The Morgan fingerprint density at radius 3 is 2.21 bits per heavy atom. The van der Waals surface area contributed by atoms with E-state index >= 15 is 0 Å². The Hall–Kier alpha value is -3.66. The summed E-state index contributed by atoms with van der Waals surface area (Å²) in [4.78, 5) is 11.1. The second-order valence-electron chi connectivity index (χ2n) is 6.65. The van der Waals surface area contributed by atoms with E-state index in [9.17, 15) is 4.79 Å². The van der Waals surface area contributed by atoms with Crippen molar-refractivity contribution < 1.29 is 9.90 Å². The fraction of sp³-hybridized carbons (Fsp3) is 0.0833. The Bertz CT molecular complexity index is 1010. The number of aromatic carboxylic acids is 1. The lowest BCUT2D eigenvalue weighted by molar-refractivity contribution is 0.0697. The van der Waals surface area contributed by atoms with Crippen LogP contribution in [0.3, 0.4) is 0 Å². The van der Waals surface area contributed by atoms with E-state index in [1.54, 1.807) is 12.1 Å². The SMILES string of the molecule is O=C(O)c1ccc(N2N=C(c3ccccc3)C[C@H]2/C=C/c2ccccc2)cc1. The third-order valence-electron chi connectivity index (χ3n) is 4.74. The number of hydrazone groups is 1. The molecule has 138 valence electrons. The van der Waals surface area contributed by atoms with Gasteiger partial charge in [0, 0.05) is 6.42 Å². The molecule has 1 N–H and O–H groups in total. The monoisotopic (exact) mass is 368 g/mol. The van der Waals surface area contributed by atoms with Crippen molar-refractivity contribution in [1.29, 1.82) is 0 Å². The number of carboxylic acid groups (broad SMARTS) is 1. The number of rotatable bonds is 5. The Kier molecular flexibility index (Phi) is 5.02. The van der Waals surface area contributed by atoms with E-state index in [1.165, 1.54) is 0 Å².